The van der Waals surface area contributed by atoms with E-state index in [1.807, 2.05) is 59.8 Å². The fraction of sp³-hybridized carbons (Fsp3) is 0.467. The van der Waals surface area contributed by atoms with Crippen molar-refractivity contribution in [1.29, 1.82) is 0 Å². The molecule has 0 amide bonds. The van der Waals surface area contributed by atoms with Crippen LogP contribution < -0.4 is 0 Å². The average molecular weight is 208 g/mol. The molecule has 15 heavy (non-hydrogen) atoms. The Labute approximate surface area is 97.0 Å². The molecule has 0 bridgehead atoms. The number of rotatable bonds is 1. The van der Waals surface area contributed by atoms with Crippen molar-refractivity contribution >= 4 is 6.08 Å². The van der Waals surface area contributed by atoms with Crippen molar-refractivity contribution in [1.82, 2.24) is 0 Å². The Balaban J connectivity index is -0.000000208. The van der Waals surface area contributed by atoms with E-state index in [1.54, 1.807) is 0 Å². The van der Waals surface area contributed by atoms with E-state index in [0.29, 0.717) is 0 Å². The van der Waals surface area contributed by atoms with Crippen LogP contribution in [-0.2, 0) is 0 Å². The molecule has 1 aromatic carbocycles. The van der Waals surface area contributed by atoms with E-state index in [-0.39, 0.29) is 0 Å². The fourth-order valence-corrected chi connectivity index (χ4v) is 0.816. The van der Waals surface area contributed by atoms with Crippen molar-refractivity contribution in [3.8, 4) is 0 Å². The predicted octanol–water partition coefficient (Wildman–Crippen LogP) is 5.72. The van der Waals surface area contributed by atoms with Gasteiger partial charge in [-0.05, 0) is 18.1 Å². The molecule has 0 unspecified atom stereocenters. The van der Waals surface area contributed by atoms with Gasteiger partial charge in [-0.1, -0.05) is 78.5 Å². The van der Waals surface area contributed by atoms with Crippen molar-refractivity contribution in [2.24, 2.45) is 0 Å². The van der Waals surface area contributed by atoms with Gasteiger partial charge in [0.2, 0.25) is 0 Å². The lowest BCUT2D eigenvalue weighted by Gasteiger charge is -1.95. The summed E-state index contributed by atoms with van der Waals surface area (Å²) < 4.78 is 0. The van der Waals surface area contributed by atoms with Gasteiger partial charge in [0.25, 0.3) is 0 Å². The van der Waals surface area contributed by atoms with Crippen LogP contribution in [0.2, 0.25) is 0 Å². The molecule has 0 nitrogen and oxygen atoms in total. The summed E-state index contributed by atoms with van der Waals surface area (Å²) in [5, 5.41) is 0. The normalized spacial score (nSPS) is 6.60. The summed E-state index contributed by atoms with van der Waals surface area (Å²) in [6, 6.07) is 8.19. The van der Waals surface area contributed by atoms with E-state index in [4.69, 9.17) is 0 Å². The molecule has 1 rings (SSSR count). The first-order valence-electron chi connectivity index (χ1n) is 6.02. The Bertz CT molecular complexity index is 211. The summed E-state index contributed by atoms with van der Waals surface area (Å²) in [6.07, 6.45) is 1.87. The monoisotopic (exact) mass is 208 g/mol. The first kappa shape index (κ1) is 19.5. The smallest absolute Gasteiger partial charge is 0.0233 e. The molecule has 88 valence electrons. The van der Waals surface area contributed by atoms with Gasteiger partial charge in [0, 0.05) is 0 Å². The lowest BCUT2D eigenvalue weighted by Crippen LogP contribution is -1.75. The van der Waals surface area contributed by atoms with Crippen LogP contribution in [0.25, 0.3) is 6.08 Å². The summed E-state index contributed by atoms with van der Waals surface area (Å²) in [4.78, 5) is 0. The van der Waals surface area contributed by atoms with Crippen LogP contribution >= 0.6 is 0 Å². The lowest BCUT2D eigenvalue weighted by molar-refractivity contribution is 1.45. The molecule has 0 heterocycles. The van der Waals surface area contributed by atoms with Crippen LogP contribution in [0.3, 0.4) is 0 Å². The van der Waals surface area contributed by atoms with Crippen LogP contribution in [0.5, 0.6) is 0 Å². The molecule has 0 fully saturated rings. The Morgan fingerprint density at radius 3 is 1.53 bits per heavy atom. The Morgan fingerprint density at radius 1 is 0.867 bits per heavy atom. The molecule has 0 heteroatoms. The lowest BCUT2D eigenvalue weighted by atomic mass is 10.1. The minimum Gasteiger partial charge on any atom is -0.0985 e. The third-order valence-corrected chi connectivity index (χ3v) is 1.41. The molecule has 0 N–H and O–H groups in total. The standard InChI is InChI=1S/C9H10.3C2H6/c1-3-9-7-5-4-6-8(9)2;3*1-2/h3-7H,1H2,2H3;3*1-2H3. The van der Waals surface area contributed by atoms with Crippen LogP contribution in [0.15, 0.2) is 30.8 Å². The Hall–Kier alpha value is -1.04. The number of hydrogen-bond donors (Lipinski definition) is 0. The molecular weight excluding hydrogens is 180 g/mol. The second-order valence-electron chi connectivity index (χ2n) is 2.06. The zero-order valence-electron chi connectivity index (χ0n) is 11.6. The summed E-state index contributed by atoms with van der Waals surface area (Å²) >= 11 is 0. The molecule has 0 radical (unpaired) electrons. The van der Waals surface area contributed by atoms with Crippen molar-refractivity contribution in [3.63, 3.8) is 0 Å². The van der Waals surface area contributed by atoms with E-state index < -0.39 is 0 Å². The van der Waals surface area contributed by atoms with E-state index in [0.717, 1.165) is 0 Å². The first-order chi connectivity index (χ1) is 7.34. The maximum atomic E-state index is 3.69. The molecule has 0 aliphatic rings. The third-order valence-electron chi connectivity index (χ3n) is 1.41. The first-order valence-corrected chi connectivity index (χ1v) is 6.02. The van der Waals surface area contributed by atoms with Gasteiger partial charge >= 0.3 is 0 Å². The Kier molecular flexibility index (Phi) is 24.3. The zero-order chi connectivity index (χ0) is 12.7. The van der Waals surface area contributed by atoms with Crippen molar-refractivity contribution in [2.75, 3.05) is 0 Å². The average Bonchev–Trinajstić information content (AvgIpc) is 2.37. The van der Waals surface area contributed by atoms with Crippen LogP contribution in [0, 0.1) is 6.92 Å². The second-order valence-corrected chi connectivity index (χ2v) is 2.06. The number of aryl methyl sites for hydroxylation is 1. The summed E-state index contributed by atoms with van der Waals surface area (Å²) in [6.45, 7) is 17.8. The molecule has 0 saturated carbocycles. The van der Waals surface area contributed by atoms with Gasteiger partial charge in [-0.2, -0.15) is 0 Å². The fourth-order valence-electron chi connectivity index (χ4n) is 0.816. The second kappa shape index (κ2) is 18.7. The van der Waals surface area contributed by atoms with Gasteiger partial charge in [-0.25, -0.2) is 0 Å². The van der Waals surface area contributed by atoms with Gasteiger partial charge in [-0.15, -0.1) is 0 Å². The molecule has 0 aromatic heterocycles. The topological polar surface area (TPSA) is 0 Å². The predicted molar refractivity (Wildman–Crippen MR) is 75.3 cm³/mol. The van der Waals surface area contributed by atoms with Crippen LogP contribution in [0.1, 0.15) is 52.7 Å². The minimum absolute atomic E-state index is 1.22. The van der Waals surface area contributed by atoms with Gasteiger partial charge < -0.3 is 0 Å². The molecule has 0 saturated heterocycles. The molecule has 1 aromatic rings. The highest BCUT2D eigenvalue weighted by Crippen LogP contribution is 2.06. The molecule has 0 spiro atoms. The SMILES string of the molecule is C=Cc1ccccc1C.CC.CC.CC. The van der Waals surface area contributed by atoms with Crippen LogP contribution in [0.4, 0.5) is 0 Å². The van der Waals surface area contributed by atoms with E-state index in [9.17, 15) is 0 Å². The van der Waals surface area contributed by atoms with E-state index in [2.05, 4.69) is 25.6 Å². The van der Waals surface area contributed by atoms with Crippen molar-refractivity contribution < 1.29 is 0 Å². The van der Waals surface area contributed by atoms with Crippen molar-refractivity contribution in [3.05, 3.63) is 42.0 Å². The van der Waals surface area contributed by atoms with Gasteiger partial charge in [0.1, 0.15) is 0 Å². The molecule has 0 aliphatic carbocycles. The van der Waals surface area contributed by atoms with Gasteiger partial charge in [0.05, 0.1) is 0 Å². The summed E-state index contributed by atoms with van der Waals surface area (Å²) in [7, 11) is 0. The van der Waals surface area contributed by atoms with E-state index in [1.165, 1.54) is 11.1 Å². The highest BCUT2D eigenvalue weighted by atomic mass is 13.9. The number of benzene rings is 1. The minimum atomic E-state index is 1.22. The molecular formula is C15H28. The quantitative estimate of drug-likeness (QED) is 0.554. The van der Waals surface area contributed by atoms with Crippen molar-refractivity contribution in [2.45, 2.75) is 48.5 Å². The maximum Gasteiger partial charge on any atom is -0.0233 e. The van der Waals surface area contributed by atoms with Gasteiger partial charge in [0.15, 0.2) is 0 Å². The van der Waals surface area contributed by atoms with Gasteiger partial charge in [-0.3, -0.25) is 0 Å². The Morgan fingerprint density at radius 2 is 1.27 bits per heavy atom. The van der Waals surface area contributed by atoms with Crippen LogP contribution in [-0.4, -0.2) is 0 Å². The molecule has 0 atom stereocenters. The molecule has 0 aliphatic heterocycles. The summed E-state index contributed by atoms with van der Waals surface area (Å²) in [5.41, 5.74) is 2.50. The highest BCUT2D eigenvalue weighted by molar-refractivity contribution is 5.50. The highest BCUT2D eigenvalue weighted by Gasteiger charge is 1.86. The largest absolute Gasteiger partial charge is 0.0985 e. The third kappa shape index (κ3) is 10.9. The maximum absolute atomic E-state index is 3.69. The summed E-state index contributed by atoms with van der Waals surface area (Å²) in [5.74, 6) is 0. The van der Waals surface area contributed by atoms with E-state index >= 15 is 0 Å². The number of hydrogen-bond acceptors (Lipinski definition) is 0. The zero-order valence-corrected chi connectivity index (χ0v) is 11.6.